The van der Waals surface area contributed by atoms with E-state index in [-0.39, 0.29) is 5.72 Å². The van der Waals surface area contributed by atoms with Crippen molar-refractivity contribution in [1.82, 2.24) is 4.90 Å². The van der Waals surface area contributed by atoms with Crippen LogP contribution >= 0.6 is 0 Å². The van der Waals surface area contributed by atoms with Crippen LogP contribution in [-0.4, -0.2) is 43.5 Å². The first-order chi connectivity index (χ1) is 4.87. The smallest absolute Gasteiger partial charge is 0.168 e. The first-order valence-corrected chi connectivity index (χ1v) is 3.84. The number of hydrogen-bond donors (Lipinski definition) is 0. The fourth-order valence-corrected chi connectivity index (χ4v) is 1.63. The molecule has 0 saturated carbocycles. The molecule has 0 N–H and O–H groups in total. The molecule has 58 valence electrons. The van der Waals surface area contributed by atoms with Gasteiger partial charge in [-0.15, -0.1) is 0 Å². The van der Waals surface area contributed by atoms with Gasteiger partial charge in [0, 0.05) is 6.54 Å². The van der Waals surface area contributed by atoms with Crippen molar-refractivity contribution in [3.05, 3.63) is 0 Å². The summed E-state index contributed by atoms with van der Waals surface area (Å²) in [5, 5.41) is 0. The molecule has 0 aliphatic carbocycles. The highest BCUT2D eigenvalue weighted by Crippen LogP contribution is 2.30. The highest BCUT2D eigenvalue weighted by Gasteiger charge is 2.48. The Hall–Kier alpha value is -0.120. The van der Waals surface area contributed by atoms with E-state index in [0.717, 1.165) is 32.9 Å². The zero-order valence-electron chi connectivity index (χ0n) is 6.30. The normalized spacial score (nSPS) is 30.9. The van der Waals surface area contributed by atoms with E-state index in [1.807, 2.05) is 0 Å². The second kappa shape index (κ2) is 2.19. The Labute approximate surface area is 60.9 Å². The van der Waals surface area contributed by atoms with Gasteiger partial charge in [-0.2, -0.15) is 0 Å². The summed E-state index contributed by atoms with van der Waals surface area (Å²) < 4.78 is 10.7. The molecular weight excluding hydrogens is 130 g/mol. The van der Waals surface area contributed by atoms with Gasteiger partial charge in [-0.1, -0.05) is 6.92 Å². The van der Waals surface area contributed by atoms with Crippen LogP contribution in [0.15, 0.2) is 0 Å². The molecule has 0 atom stereocenters. The van der Waals surface area contributed by atoms with Crippen LogP contribution in [0.25, 0.3) is 0 Å². The second-order valence-electron chi connectivity index (χ2n) is 2.87. The lowest BCUT2D eigenvalue weighted by Crippen LogP contribution is -2.59. The Kier molecular flexibility index (Phi) is 1.44. The molecule has 2 saturated heterocycles. The van der Waals surface area contributed by atoms with Gasteiger partial charge in [0.25, 0.3) is 0 Å². The first kappa shape index (κ1) is 6.58. The number of nitrogens with zero attached hydrogens (tertiary/aromatic N) is 1. The standard InChI is InChI=1S/C7H13NO2/c1-2-8-3-4-10-7(8)5-9-6-7/h2-6H2,1H3. The van der Waals surface area contributed by atoms with Crippen LogP contribution < -0.4 is 0 Å². The molecular formula is C7H13NO2. The van der Waals surface area contributed by atoms with Gasteiger partial charge < -0.3 is 9.47 Å². The molecule has 0 aromatic rings. The molecule has 0 amide bonds. The lowest BCUT2D eigenvalue weighted by atomic mass is 10.1. The minimum atomic E-state index is -0.00521. The third-order valence-corrected chi connectivity index (χ3v) is 2.35. The molecule has 3 nitrogen and oxygen atoms in total. The number of likely N-dealkylation sites (N-methyl/N-ethyl adjacent to an activating group) is 1. The Morgan fingerprint density at radius 2 is 2.30 bits per heavy atom. The molecule has 2 fully saturated rings. The van der Waals surface area contributed by atoms with E-state index in [4.69, 9.17) is 9.47 Å². The van der Waals surface area contributed by atoms with E-state index in [2.05, 4.69) is 11.8 Å². The van der Waals surface area contributed by atoms with Gasteiger partial charge >= 0.3 is 0 Å². The van der Waals surface area contributed by atoms with Crippen LogP contribution in [0.4, 0.5) is 0 Å². The lowest BCUT2D eigenvalue weighted by molar-refractivity contribution is -0.240. The molecule has 0 aromatic carbocycles. The monoisotopic (exact) mass is 143 g/mol. The molecule has 3 heteroatoms. The van der Waals surface area contributed by atoms with Gasteiger partial charge in [0.2, 0.25) is 0 Å². The molecule has 2 heterocycles. The maximum absolute atomic E-state index is 5.58. The van der Waals surface area contributed by atoms with Gasteiger partial charge in [0.1, 0.15) is 0 Å². The predicted molar refractivity (Wildman–Crippen MR) is 36.7 cm³/mol. The summed E-state index contributed by atoms with van der Waals surface area (Å²) in [5.74, 6) is 0. The minimum absolute atomic E-state index is 0.00521. The quantitative estimate of drug-likeness (QED) is 0.518. The molecule has 0 aromatic heterocycles. The van der Waals surface area contributed by atoms with E-state index in [1.54, 1.807) is 0 Å². The Morgan fingerprint density at radius 1 is 1.50 bits per heavy atom. The summed E-state index contributed by atoms with van der Waals surface area (Å²) in [4.78, 5) is 2.34. The van der Waals surface area contributed by atoms with Crippen molar-refractivity contribution in [3.8, 4) is 0 Å². The van der Waals surface area contributed by atoms with E-state index in [9.17, 15) is 0 Å². The maximum atomic E-state index is 5.58. The second-order valence-corrected chi connectivity index (χ2v) is 2.87. The predicted octanol–water partition coefficient (Wildman–Crippen LogP) is 0.0650. The molecule has 0 radical (unpaired) electrons. The first-order valence-electron chi connectivity index (χ1n) is 3.84. The highest BCUT2D eigenvalue weighted by molar-refractivity contribution is 4.91. The number of ether oxygens (including phenoxy) is 2. The lowest BCUT2D eigenvalue weighted by Gasteiger charge is -2.42. The summed E-state index contributed by atoms with van der Waals surface area (Å²) in [6, 6.07) is 0. The maximum Gasteiger partial charge on any atom is 0.168 e. The SMILES string of the molecule is CCN1CCOC12COC2. The molecule has 1 spiro atoms. The Bertz CT molecular complexity index is 134. The zero-order valence-corrected chi connectivity index (χ0v) is 6.30. The van der Waals surface area contributed by atoms with Crippen molar-refractivity contribution >= 4 is 0 Å². The molecule has 0 bridgehead atoms. The van der Waals surface area contributed by atoms with Gasteiger partial charge in [-0.25, -0.2) is 0 Å². The van der Waals surface area contributed by atoms with Crippen molar-refractivity contribution < 1.29 is 9.47 Å². The average molecular weight is 143 g/mol. The summed E-state index contributed by atoms with van der Waals surface area (Å²) in [7, 11) is 0. The van der Waals surface area contributed by atoms with Gasteiger partial charge in [-0.3, -0.25) is 4.90 Å². The Balaban J connectivity index is 2.05. The summed E-state index contributed by atoms with van der Waals surface area (Å²) in [5.41, 5.74) is -0.00521. The highest BCUT2D eigenvalue weighted by atomic mass is 16.6. The van der Waals surface area contributed by atoms with Crippen LogP contribution in [0.2, 0.25) is 0 Å². The number of rotatable bonds is 1. The topological polar surface area (TPSA) is 21.7 Å². The Morgan fingerprint density at radius 3 is 2.70 bits per heavy atom. The molecule has 2 aliphatic rings. The summed E-state index contributed by atoms with van der Waals surface area (Å²) in [6.45, 7) is 6.71. The van der Waals surface area contributed by atoms with E-state index in [0.29, 0.717) is 0 Å². The van der Waals surface area contributed by atoms with Crippen LogP contribution in [0.5, 0.6) is 0 Å². The summed E-state index contributed by atoms with van der Waals surface area (Å²) in [6.07, 6.45) is 0. The van der Waals surface area contributed by atoms with Crippen molar-refractivity contribution in [3.63, 3.8) is 0 Å². The van der Waals surface area contributed by atoms with Crippen molar-refractivity contribution in [2.75, 3.05) is 32.9 Å². The molecule has 10 heavy (non-hydrogen) atoms. The molecule has 2 rings (SSSR count). The van der Waals surface area contributed by atoms with Crippen LogP contribution in [-0.2, 0) is 9.47 Å². The van der Waals surface area contributed by atoms with Crippen LogP contribution in [0, 0.1) is 0 Å². The van der Waals surface area contributed by atoms with Crippen molar-refractivity contribution in [2.45, 2.75) is 12.6 Å². The van der Waals surface area contributed by atoms with Crippen molar-refractivity contribution in [2.24, 2.45) is 0 Å². The average Bonchev–Trinajstić information content (AvgIpc) is 2.27. The third-order valence-electron chi connectivity index (χ3n) is 2.35. The minimum Gasteiger partial charge on any atom is -0.372 e. The van der Waals surface area contributed by atoms with E-state index < -0.39 is 0 Å². The van der Waals surface area contributed by atoms with Crippen LogP contribution in [0.3, 0.4) is 0 Å². The van der Waals surface area contributed by atoms with Crippen molar-refractivity contribution in [1.29, 1.82) is 0 Å². The van der Waals surface area contributed by atoms with Gasteiger partial charge in [-0.05, 0) is 6.54 Å². The third kappa shape index (κ3) is 0.713. The van der Waals surface area contributed by atoms with Gasteiger partial charge in [0.05, 0.1) is 19.8 Å². The van der Waals surface area contributed by atoms with Crippen LogP contribution in [0.1, 0.15) is 6.92 Å². The van der Waals surface area contributed by atoms with E-state index in [1.165, 1.54) is 0 Å². The largest absolute Gasteiger partial charge is 0.372 e. The van der Waals surface area contributed by atoms with E-state index >= 15 is 0 Å². The fraction of sp³-hybridized carbons (Fsp3) is 1.00. The summed E-state index contributed by atoms with van der Waals surface area (Å²) >= 11 is 0. The molecule has 2 aliphatic heterocycles. The zero-order chi connectivity index (χ0) is 7.03. The number of hydrogen-bond acceptors (Lipinski definition) is 3. The molecule has 0 unspecified atom stereocenters. The fourth-order valence-electron chi connectivity index (χ4n) is 1.63. The van der Waals surface area contributed by atoms with Gasteiger partial charge in [0.15, 0.2) is 5.72 Å².